The summed E-state index contributed by atoms with van der Waals surface area (Å²) in [7, 11) is 0. The molecule has 0 aliphatic carbocycles. The molecule has 0 atom stereocenters. The molecule has 9 heavy (non-hydrogen) atoms. The van der Waals surface area contributed by atoms with Crippen molar-refractivity contribution in [3.63, 3.8) is 0 Å². The van der Waals surface area contributed by atoms with Crippen LogP contribution in [0.15, 0.2) is 0 Å². The lowest BCUT2D eigenvalue weighted by molar-refractivity contribution is -0.133. The van der Waals surface area contributed by atoms with Crippen LogP contribution < -0.4 is 5.32 Å². The summed E-state index contributed by atoms with van der Waals surface area (Å²) in [6.07, 6.45) is 0. The summed E-state index contributed by atoms with van der Waals surface area (Å²) in [5.74, 6) is 0.256. The molecule has 1 heterocycles. The highest BCUT2D eigenvalue weighted by Gasteiger charge is 2.17. The zero-order chi connectivity index (χ0) is 5.98. The highest BCUT2D eigenvalue weighted by Crippen LogP contribution is 2.03. The summed E-state index contributed by atoms with van der Waals surface area (Å²) >= 11 is 1.08. The Hall–Kier alpha value is -0.220. The first-order valence-electron chi connectivity index (χ1n) is 2.25. The van der Waals surface area contributed by atoms with E-state index in [1.165, 1.54) is 0 Å². The van der Waals surface area contributed by atoms with Crippen LogP contribution in [-0.2, 0) is 9.59 Å². The molecule has 1 amide bonds. The van der Waals surface area contributed by atoms with Crippen LogP contribution in [0.5, 0.6) is 0 Å². The smallest absolute Gasteiger partial charge is 0.298 e. The topological polar surface area (TPSA) is 46.2 Å². The van der Waals surface area contributed by atoms with Crippen molar-refractivity contribution in [2.75, 3.05) is 12.3 Å². The normalized spacial score (nSPS) is 18.2. The maximum absolute atomic E-state index is 10.3. The molecule has 0 radical (unpaired) electrons. The van der Waals surface area contributed by atoms with Crippen LogP contribution in [0.4, 0.5) is 0 Å². The van der Waals surface area contributed by atoms with Gasteiger partial charge >= 0.3 is 0 Å². The van der Waals surface area contributed by atoms with Gasteiger partial charge in [0, 0.05) is 12.3 Å². The van der Waals surface area contributed by atoms with Gasteiger partial charge < -0.3 is 5.32 Å². The molecule has 0 spiro atoms. The first-order valence-corrected chi connectivity index (χ1v) is 3.24. The number of hydrogen-bond acceptors (Lipinski definition) is 3. The van der Waals surface area contributed by atoms with Gasteiger partial charge in [-0.1, -0.05) is 11.8 Å². The molecule has 1 saturated heterocycles. The van der Waals surface area contributed by atoms with Crippen molar-refractivity contribution in [3.05, 3.63) is 0 Å². The van der Waals surface area contributed by atoms with E-state index in [4.69, 9.17) is 0 Å². The first-order chi connectivity index (χ1) is 3.80. The summed E-state index contributed by atoms with van der Waals surface area (Å²) in [5, 5.41) is 2.06. The Balaban J connectivity index is 0.000000640. The molecule has 0 aromatic heterocycles. The molecule has 1 aliphatic rings. The quantitative estimate of drug-likeness (QED) is 0.509. The van der Waals surface area contributed by atoms with Crippen molar-refractivity contribution < 1.29 is 9.59 Å². The average molecular weight is 168 g/mol. The summed E-state index contributed by atoms with van der Waals surface area (Å²) < 4.78 is 0. The number of thioether (sulfide) groups is 1. The Kier molecular flexibility index (Phi) is 3.65. The van der Waals surface area contributed by atoms with Gasteiger partial charge in [-0.25, -0.2) is 0 Å². The van der Waals surface area contributed by atoms with Crippen molar-refractivity contribution in [1.82, 2.24) is 5.32 Å². The molecule has 1 rings (SSSR count). The Labute approximate surface area is 63.0 Å². The molecule has 0 saturated carbocycles. The van der Waals surface area contributed by atoms with E-state index in [0.717, 1.165) is 11.8 Å². The van der Waals surface area contributed by atoms with Crippen LogP contribution in [0.2, 0.25) is 0 Å². The highest BCUT2D eigenvalue weighted by molar-refractivity contribution is 8.15. The second-order valence-electron chi connectivity index (χ2n) is 1.39. The van der Waals surface area contributed by atoms with Crippen LogP contribution >= 0.6 is 24.2 Å². The second kappa shape index (κ2) is 3.74. The van der Waals surface area contributed by atoms with Crippen molar-refractivity contribution in [2.24, 2.45) is 0 Å². The maximum Gasteiger partial charge on any atom is 0.298 e. The molecular formula is C4H6ClNO2S. The molecule has 5 heteroatoms. The van der Waals surface area contributed by atoms with E-state index in [1.54, 1.807) is 0 Å². The van der Waals surface area contributed by atoms with Gasteiger partial charge in [-0.2, -0.15) is 0 Å². The largest absolute Gasteiger partial charge is 0.348 e. The zero-order valence-corrected chi connectivity index (χ0v) is 6.18. The Bertz CT molecular complexity index is 123. The highest BCUT2D eigenvalue weighted by atomic mass is 35.5. The van der Waals surface area contributed by atoms with Gasteiger partial charge in [0.2, 0.25) is 0 Å². The lowest BCUT2D eigenvalue weighted by atomic mass is 10.6. The zero-order valence-electron chi connectivity index (χ0n) is 4.55. The van der Waals surface area contributed by atoms with Crippen molar-refractivity contribution in [2.45, 2.75) is 0 Å². The summed E-state index contributed by atoms with van der Waals surface area (Å²) in [6, 6.07) is 0. The molecule has 52 valence electrons. The lowest BCUT2D eigenvalue weighted by Gasteiger charge is -2.07. The maximum atomic E-state index is 10.3. The summed E-state index contributed by atoms with van der Waals surface area (Å²) in [5.41, 5.74) is 0. The van der Waals surface area contributed by atoms with Gasteiger partial charge in [0.15, 0.2) is 0 Å². The van der Waals surface area contributed by atoms with Crippen molar-refractivity contribution >= 4 is 35.2 Å². The summed E-state index contributed by atoms with van der Waals surface area (Å²) in [4.78, 5) is 20.7. The molecule has 1 aliphatic heterocycles. The van der Waals surface area contributed by atoms with E-state index in [2.05, 4.69) is 5.32 Å². The monoisotopic (exact) mass is 167 g/mol. The van der Waals surface area contributed by atoms with Gasteiger partial charge in [-0.15, -0.1) is 12.4 Å². The number of amides is 1. The predicted molar refractivity (Wildman–Crippen MR) is 37.7 cm³/mol. The fraction of sp³-hybridized carbons (Fsp3) is 0.500. The SMILES string of the molecule is Cl.O=C1NCCSC1=O. The van der Waals surface area contributed by atoms with Crippen molar-refractivity contribution in [3.8, 4) is 0 Å². The van der Waals surface area contributed by atoms with Crippen LogP contribution in [0, 0.1) is 0 Å². The van der Waals surface area contributed by atoms with Crippen LogP contribution in [0.3, 0.4) is 0 Å². The number of carbonyl (C=O) groups is 2. The summed E-state index contributed by atoms with van der Waals surface area (Å²) in [6.45, 7) is 0.620. The Morgan fingerprint density at radius 2 is 2.11 bits per heavy atom. The standard InChI is InChI=1S/C4H5NO2S.ClH/c6-3-4(7)8-2-1-5-3;/h1-2H2,(H,5,6);1H. The van der Waals surface area contributed by atoms with E-state index in [0.29, 0.717) is 12.3 Å². The third-order valence-corrected chi connectivity index (χ3v) is 1.66. The van der Waals surface area contributed by atoms with Crippen LogP contribution in [0.25, 0.3) is 0 Å². The third kappa shape index (κ3) is 2.24. The van der Waals surface area contributed by atoms with Gasteiger partial charge in [0.25, 0.3) is 11.0 Å². The van der Waals surface area contributed by atoms with Crippen LogP contribution in [0.1, 0.15) is 0 Å². The van der Waals surface area contributed by atoms with E-state index in [9.17, 15) is 9.59 Å². The van der Waals surface area contributed by atoms with Crippen molar-refractivity contribution in [1.29, 1.82) is 0 Å². The van der Waals surface area contributed by atoms with Gasteiger partial charge in [0.1, 0.15) is 0 Å². The number of nitrogens with one attached hydrogen (secondary N) is 1. The molecular weight excluding hydrogens is 162 g/mol. The number of hydrogen-bond donors (Lipinski definition) is 1. The predicted octanol–water partition coefficient (Wildman–Crippen LogP) is -0.202. The Morgan fingerprint density at radius 1 is 1.44 bits per heavy atom. The minimum atomic E-state index is -0.457. The number of rotatable bonds is 0. The minimum Gasteiger partial charge on any atom is -0.348 e. The number of carbonyl (C=O) groups excluding carboxylic acids is 2. The minimum absolute atomic E-state index is 0. The van der Waals surface area contributed by atoms with Gasteiger partial charge in [-0.05, 0) is 0 Å². The van der Waals surface area contributed by atoms with E-state index in [1.807, 2.05) is 0 Å². The Morgan fingerprint density at radius 3 is 2.44 bits per heavy atom. The molecule has 3 nitrogen and oxygen atoms in total. The molecule has 0 bridgehead atoms. The molecule has 0 aromatic carbocycles. The first kappa shape index (κ1) is 8.78. The number of halogens is 1. The molecule has 0 unspecified atom stereocenters. The van der Waals surface area contributed by atoms with Gasteiger partial charge in [-0.3, -0.25) is 9.59 Å². The fourth-order valence-corrected chi connectivity index (χ4v) is 1.04. The van der Waals surface area contributed by atoms with E-state index < -0.39 is 5.91 Å². The van der Waals surface area contributed by atoms with Crippen LogP contribution in [-0.4, -0.2) is 23.3 Å². The second-order valence-corrected chi connectivity index (χ2v) is 2.46. The average Bonchev–Trinajstić information content (AvgIpc) is 1.77. The van der Waals surface area contributed by atoms with Gasteiger partial charge in [0.05, 0.1) is 0 Å². The molecule has 1 N–H and O–H groups in total. The lowest BCUT2D eigenvalue weighted by Crippen LogP contribution is -2.35. The molecule has 0 aromatic rings. The molecule has 1 fully saturated rings. The third-order valence-electron chi connectivity index (χ3n) is 0.806. The van der Waals surface area contributed by atoms with E-state index in [-0.39, 0.29) is 17.5 Å². The fourth-order valence-electron chi connectivity index (χ4n) is 0.446. The van der Waals surface area contributed by atoms with E-state index >= 15 is 0 Å².